The minimum absolute atomic E-state index is 0.0716. The summed E-state index contributed by atoms with van der Waals surface area (Å²) in [4.78, 5) is 0. The minimum Gasteiger partial charge on any atom is -0.313 e. The highest BCUT2D eigenvalue weighted by Crippen LogP contribution is 2.36. The summed E-state index contributed by atoms with van der Waals surface area (Å²) in [6, 6.07) is 4.10. The van der Waals surface area contributed by atoms with Crippen molar-refractivity contribution in [1.82, 2.24) is 5.32 Å². The lowest BCUT2D eigenvalue weighted by molar-refractivity contribution is -0.137. The first-order valence-corrected chi connectivity index (χ1v) is 4.89. The SMILES string of the molecule is CNC1CCc2ccc(C(F)(F)F)cc21. The Bertz CT molecular complexity index is 371. The molecule has 0 spiro atoms. The second kappa shape index (κ2) is 3.52. The van der Waals surface area contributed by atoms with Crippen LogP contribution in [0.25, 0.3) is 0 Å². The van der Waals surface area contributed by atoms with E-state index in [-0.39, 0.29) is 6.04 Å². The summed E-state index contributed by atoms with van der Waals surface area (Å²) in [6.45, 7) is 0. The first-order valence-electron chi connectivity index (χ1n) is 4.89. The molecule has 1 aliphatic carbocycles. The largest absolute Gasteiger partial charge is 0.416 e. The van der Waals surface area contributed by atoms with Crippen molar-refractivity contribution in [1.29, 1.82) is 0 Å². The molecule has 1 aromatic carbocycles. The molecule has 1 N–H and O–H groups in total. The zero-order valence-corrected chi connectivity index (χ0v) is 8.36. The fraction of sp³-hybridized carbons (Fsp3) is 0.455. The Kier molecular flexibility index (Phi) is 2.46. The summed E-state index contributed by atoms with van der Waals surface area (Å²) in [7, 11) is 1.78. The molecule has 0 amide bonds. The van der Waals surface area contributed by atoms with Crippen LogP contribution in [0.2, 0.25) is 0 Å². The van der Waals surface area contributed by atoms with Gasteiger partial charge in [0.2, 0.25) is 0 Å². The minimum atomic E-state index is -4.24. The highest BCUT2D eigenvalue weighted by molar-refractivity contribution is 5.38. The van der Waals surface area contributed by atoms with Crippen molar-refractivity contribution < 1.29 is 13.2 Å². The number of alkyl halides is 3. The first kappa shape index (κ1) is 10.5. The first-order chi connectivity index (χ1) is 7.02. The summed E-state index contributed by atoms with van der Waals surface area (Å²) in [6.07, 6.45) is -2.50. The van der Waals surface area contributed by atoms with Crippen LogP contribution in [0, 0.1) is 0 Å². The van der Waals surface area contributed by atoms with Crippen LogP contribution >= 0.6 is 0 Å². The molecule has 15 heavy (non-hydrogen) atoms. The van der Waals surface area contributed by atoms with Crippen molar-refractivity contribution in [2.75, 3.05) is 7.05 Å². The predicted octanol–water partition coefficient (Wildman–Crippen LogP) is 2.91. The molecule has 4 heteroatoms. The molecule has 82 valence electrons. The standard InChI is InChI=1S/C11H12F3N/c1-15-10-5-3-7-2-4-8(6-9(7)10)11(12,13)14/h2,4,6,10,15H,3,5H2,1H3. The molecule has 0 heterocycles. The second-order valence-electron chi connectivity index (χ2n) is 3.79. The third-order valence-corrected chi connectivity index (χ3v) is 2.90. The van der Waals surface area contributed by atoms with Gasteiger partial charge in [-0.1, -0.05) is 6.07 Å². The van der Waals surface area contributed by atoms with E-state index in [1.54, 1.807) is 13.1 Å². The molecule has 1 atom stereocenters. The van der Waals surface area contributed by atoms with Crippen molar-refractivity contribution in [3.8, 4) is 0 Å². The normalized spacial score (nSPS) is 20.4. The van der Waals surface area contributed by atoms with Crippen molar-refractivity contribution in [2.24, 2.45) is 0 Å². The molecule has 0 aliphatic heterocycles. The highest BCUT2D eigenvalue weighted by atomic mass is 19.4. The third-order valence-electron chi connectivity index (χ3n) is 2.90. The Balaban J connectivity index is 2.41. The lowest BCUT2D eigenvalue weighted by Crippen LogP contribution is -2.14. The van der Waals surface area contributed by atoms with E-state index in [1.807, 2.05) is 0 Å². The van der Waals surface area contributed by atoms with Crippen molar-refractivity contribution in [2.45, 2.75) is 25.1 Å². The van der Waals surface area contributed by atoms with E-state index < -0.39 is 11.7 Å². The van der Waals surface area contributed by atoms with Gasteiger partial charge >= 0.3 is 6.18 Å². The van der Waals surface area contributed by atoms with Gasteiger partial charge in [0.05, 0.1) is 5.56 Å². The van der Waals surface area contributed by atoms with Crippen LogP contribution in [0.3, 0.4) is 0 Å². The molecule has 0 saturated heterocycles. The molecule has 0 fully saturated rings. The van der Waals surface area contributed by atoms with Crippen LogP contribution in [0.1, 0.15) is 29.2 Å². The topological polar surface area (TPSA) is 12.0 Å². The number of nitrogens with one attached hydrogen (secondary N) is 1. The van der Waals surface area contributed by atoms with Gasteiger partial charge in [0.15, 0.2) is 0 Å². The average Bonchev–Trinajstić information content (AvgIpc) is 2.57. The average molecular weight is 215 g/mol. The Labute approximate surface area is 86.3 Å². The summed E-state index contributed by atoms with van der Waals surface area (Å²) in [5.74, 6) is 0. The molecule has 1 nitrogen and oxygen atoms in total. The maximum absolute atomic E-state index is 12.5. The fourth-order valence-electron chi connectivity index (χ4n) is 2.08. The van der Waals surface area contributed by atoms with Crippen LogP contribution in [0.15, 0.2) is 18.2 Å². The number of hydrogen-bond acceptors (Lipinski definition) is 1. The maximum atomic E-state index is 12.5. The Morgan fingerprint density at radius 2 is 2.07 bits per heavy atom. The van der Waals surface area contributed by atoms with Gasteiger partial charge in [0.25, 0.3) is 0 Å². The summed E-state index contributed by atoms with van der Waals surface area (Å²) < 4.78 is 37.4. The van der Waals surface area contributed by atoms with Crippen molar-refractivity contribution in [3.63, 3.8) is 0 Å². The van der Waals surface area contributed by atoms with Gasteiger partial charge in [0.1, 0.15) is 0 Å². The van der Waals surface area contributed by atoms with Crippen LogP contribution in [-0.4, -0.2) is 7.05 Å². The molecule has 0 aromatic heterocycles. The molecular formula is C11H12F3N. The summed E-state index contributed by atoms with van der Waals surface area (Å²) >= 11 is 0. The van der Waals surface area contributed by atoms with E-state index in [9.17, 15) is 13.2 Å². The summed E-state index contributed by atoms with van der Waals surface area (Å²) in [5, 5.41) is 3.03. The Morgan fingerprint density at radius 3 is 2.67 bits per heavy atom. The van der Waals surface area contributed by atoms with Crippen LogP contribution < -0.4 is 5.32 Å². The molecule has 2 rings (SSSR count). The number of aryl methyl sites for hydroxylation is 1. The second-order valence-corrected chi connectivity index (χ2v) is 3.79. The maximum Gasteiger partial charge on any atom is 0.416 e. The van der Waals surface area contributed by atoms with E-state index in [1.165, 1.54) is 6.07 Å². The predicted molar refractivity (Wildman–Crippen MR) is 51.6 cm³/mol. The number of halogens is 3. The Hall–Kier alpha value is -1.03. The van der Waals surface area contributed by atoms with Gasteiger partial charge in [-0.05, 0) is 43.1 Å². The van der Waals surface area contributed by atoms with Gasteiger partial charge in [-0.15, -0.1) is 0 Å². The number of benzene rings is 1. The molecule has 0 saturated carbocycles. The zero-order chi connectivity index (χ0) is 11.1. The van der Waals surface area contributed by atoms with Crippen molar-refractivity contribution in [3.05, 3.63) is 34.9 Å². The molecule has 1 unspecified atom stereocenters. The summed E-state index contributed by atoms with van der Waals surface area (Å²) in [5.41, 5.74) is 1.28. The number of rotatable bonds is 1. The number of hydrogen-bond donors (Lipinski definition) is 1. The lowest BCUT2D eigenvalue weighted by atomic mass is 10.0. The molecule has 0 radical (unpaired) electrons. The van der Waals surface area contributed by atoms with E-state index in [0.29, 0.717) is 0 Å². The van der Waals surface area contributed by atoms with Gasteiger partial charge in [-0.2, -0.15) is 13.2 Å². The smallest absolute Gasteiger partial charge is 0.313 e. The van der Waals surface area contributed by atoms with Crippen LogP contribution in [0.5, 0.6) is 0 Å². The van der Waals surface area contributed by atoms with E-state index in [4.69, 9.17) is 0 Å². The van der Waals surface area contributed by atoms with Gasteiger partial charge < -0.3 is 5.32 Å². The molecule has 0 bridgehead atoms. The fourth-order valence-corrected chi connectivity index (χ4v) is 2.08. The quantitative estimate of drug-likeness (QED) is 0.759. The van der Waals surface area contributed by atoms with Gasteiger partial charge in [-0.3, -0.25) is 0 Å². The molecular weight excluding hydrogens is 203 g/mol. The van der Waals surface area contributed by atoms with Crippen LogP contribution in [0.4, 0.5) is 13.2 Å². The monoisotopic (exact) mass is 215 g/mol. The zero-order valence-electron chi connectivity index (χ0n) is 8.36. The highest BCUT2D eigenvalue weighted by Gasteiger charge is 2.32. The lowest BCUT2D eigenvalue weighted by Gasteiger charge is -2.13. The third kappa shape index (κ3) is 1.86. The van der Waals surface area contributed by atoms with E-state index >= 15 is 0 Å². The van der Waals surface area contributed by atoms with Gasteiger partial charge in [-0.25, -0.2) is 0 Å². The molecule has 1 aromatic rings. The number of fused-ring (bicyclic) bond motifs is 1. The van der Waals surface area contributed by atoms with Crippen molar-refractivity contribution >= 4 is 0 Å². The van der Waals surface area contributed by atoms with Crippen LogP contribution in [-0.2, 0) is 12.6 Å². The Morgan fingerprint density at radius 1 is 1.33 bits per heavy atom. The van der Waals surface area contributed by atoms with E-state index in [2.05, 4.69) is 5.32 Å². The van der Waals surface area contributed by atoms with Gasteiger partial charge in [0, 0.05) is 6.04 Å². The van der Waals surface area contributed by atoms with E-state index in [0.717, 1.165) is 30.0 Å². The molecule has 1 aliphatic rings.